The highest BCUT2D eigenvalue weighted by Crippen LogP contribution is 2.11. The van der Waals surface area contributed by atoms with Crippen molar-refractivity contribution in [2.24, 2.45) is 0 Å². The first-order chi connectivity index (χ1) is 9.13. The Balaban J connectivity index is 2.51. The number of carbonyl (C=O) groups excluding carboxylic acids is 1. The zero-order valence-corrected chi connectivity index (χ0v) is 11.2. The van der Waals surface area contributed by atoms with Crippen molar-refractivity contribution in [2.75, 3.05) is 13.1 Å². The minimum absolute atomic E-state index is 0.00932. The zero-order chi connectivity index (χ0) is 14.1. The summed E-state index contributed by atoms with van der Waals surface area (Å²) in [5.41, 5.74) is 1.14. The molecule has 0 unspecified atom stereocenters. The van der Waals surface area contributed by atoms with Crippen LogP contribution < -0.4 is 0 Å². The second kappa shape index (κ2) is 8.37. The predicted molar refractivity (Wildman–Crippen MR) is 73.5 cm³/mol. The summed E-state index contributed by atoms with van der Waals surface area (Å²) in [7, 11) is 0. The molecule has 0 radical (unpaired) electrons. The number of nitro groups is 1. The topological polar surface area (TPSA) is 63.5 Å². The minimum Gasteiger partial charge on any atom is -0.302 e. The van der Waals surface area contributed by atoms with Gasteiger partial charge in [0.05, 0.1) is 6.54 Å². The number of hydrogen-bond acceptors (Lipinski definition) is 4. The van der Waals surface area contributed by atoms with E-state index >= 15 is 0 Å². The van der Waals surface area contributed by atoms with Gasteiger partial charge in [0.25, 0.3) is 0 Å². The lowest BCUT2D eigenvalue weighted by Gasteiger charge is -2.27. The summed E-state index contributed by atoms with van der Waals surface area (Å²) in [4.78, 5) is 22.8. The summed E-state index contributed by atoms with van der Waals surface area (Å²) in [5, 5.41) is 10.3. The molecule has 1 rings (SSSR count). The van der Waals surface area contributed by atoms with E-state index in [4.69, 9.17) is 0 Å². The molecule has 0 bridgehead atoms. The van der Waals surface area contributed by atoms with E-state index in [2.05, 4.69) is 0 Å². The van der Waals surface area contributed by atoms with E-state index in [1.54, 1.807) is 0 Å². The van der Waals surface area contributed by atoms with Crippen molar-refractivity contribution in [3.63, 3.8) is 0 Å². The maximum absolute atomic E-state index is 10.7. The third-order valence-electron chi connectivity index (χ3n) is 3.12. The van der Waals surface area contributed by atoms with Gasteiger partial charge in [0.15, 0.2) is 0 Å². The molecule has 1 aromatic rings. The van der Waals surface area contributed by atoms with E-state index in [-0.39, 0.29) is 17.5 Å². The molecule has 0 aromatic heterocycles. The second-order valence-corrected chi connectivity index (χ2v) is 4.63. The molecule has 0 fully saturated rings. The van der Waals surface area contributed by atoms with E-state index in [0.717, 1.165) is 18.3 Å². The molecule has 0 N–H and O–H groups in total. The SMILES string of the molecule is C[C@H](CCC[N+](=O)[O-])N(CC=O)Cc1ccccc1. The lowest BCUT2D eigenvalue weighted by Crippen LogP contribution is -2.34. The Bertz CT molecular complexity index is 395. The van der Waals surface area contributed by atoms with E-state index in [1.165, 1.54) is 0 Å². The van der Waals surface area contributed by atoms with Gasteiger partial charge in [-0.2, -0.15) is 0 Å². The number of rotatable bonds is 9. The average molecular weight is 264 g/mol. The van der Waals surface area contributed by atoms with Crippen LogP contribution in [0.2, 0.25) is 0 Å². The molecule has 1 aromatic carbocycles. The molecular weight excluding hydrogens is 244 g/mol. The molecule has 1 atom stereocenters. The van der Waals surface area contributed by atoms with Gasteiger partial charge in [-0.05, 0) is 18.9 Å². The van der Waals surface area contributed by atoms with Crippen molar-refractivity contribution in [2.45, 2.75) is 32.4 Å². The molecule has 0 heterocycles. The maximum atomic E-state index is 10.7. The second-order valence-electron chi connectivity index (χ2n) is 4.63. The molecule has 5 nitrogen and oxygen atoms in total. The molecule has 0 aliphatic carbocycles. The summed E-state index contributed by atoms with van der Waals surface area (Å²) in [6, 6.07) is 10.1. The Labute approximate surface area is 113 Å². The van der Waals surface area contributed by atoms with E-state index < -0.39 is 0 Å². The maximum Gasteiger partial charge on any atom is 0.203 e. The summed E-state index contributed by atoms with van der Waals surface area (Å²) in [6.45, 7) is 3.05. The van der Waals surface area contributed by atoms with Crippen LogP contribution in [-0.4, -0.2) is 35.2 Å². The molecule has 104 valence electrons. The molecular formula is C14H20N2O3. The van der Waals surface area contributed by atoms with Gasteiger partial charge in [-0.25, -0.2) is 0 Å². The van der Waals surface area contributed by atoms with Crippen molar-refractivity contribution in [3.05, 3.63) is 46.0 Å². The number of aldehydes is 1. The molecule has 5 heteroatoms. The normalized spacial score (nSPS) is 12.3. The lowest BCUT2D eigenvalue weighted by molar-refractivity contribution is -0.480. The van der Waals surface area contributed by atoms with E-state index in [1.807, 2.05) is 42.2 Å². The van der Waals surface area contributed by atoms with Crippen LogP contribution in [0.1, 0.15) is 25.3 Å². The third kappa shape index (κ3) is 6.10. The monoisotopic (exact) mass is 264 g/mol. The Morgan fingerprint density at radius 1 is 1.37 bits per heavy atom. The average Bonchev–Trinajstić information content (AvgIpc) is 2.39. The highest BCUT2D eigenvalue weighted by Gasteiger charge is 2.14. The summed E-state index contributed by atoms with van der Waals surface area (Å²) >= 11 is 0. The zero-order valence-electron chi connectivity index (χ0n) is 11.2. The standard InChI is InChI=1S/C14H20N2O3/c1-13(6-5-9-16(18)19)15(10-11-17)12-14-7-3-2-4-8-14/h2-4,7-8,11,13H,5-6,9-10,12H2,1H3/t13-/m1/s1. The first kappa shape index (κ1) is 15.3. The quantitative estimate of drug-likeness (QED) is 0.389. The molecule has 19 heavy (non-hydrogen) atoms. The van der Waals surface area contributed by atoms with E-state index in [9.17, 15) is 14.9 Å². The van der Waals surface area contributed by atoms with Crippen LogP contribution >= 0.6 is 0 Å². The van der Waals surface area contributed by atoms with Gasteiger partial charge in [0.2, 0.25) is 6.54 Å². The van der Waals surface area contributed by atoms with Gasteiger partial charge < -0.3 is 4.79 Å². The Morgan fingerprint density at radius 3 is 2.63 bits per heavy atom. The van der Waals surface area contributed by atoms with Gasteiger partial charge in [-0.1, -0.05) is 30.3 Å². The fourth-order valence-electron chi connectivity index (χ4n) is 2.01. The van der Waals surface area contributed by atoms with Crippen LogP contribution in [0.5, 0.6) is 0 Å². The van der Waals surface area contributed by atoms with Crippen molar-refractivity contribution in [1.82, 2.24) is 4.90 Å². The van der Waals surface area contributed by atoms with Gasteiger partial charge in [-0.15, -0.1) is 0 Å². The van der Waals surface area contributed by atoms with Crippen molar-refractivity contribution in [3.8, 4) is 0 Å². The van der Waals surface area contributed by atoms with Crippen LogP contribution in [0.15, 0.2) is 30.3 Å². The van der Waals surface area contributed by atoms with Crippen LogP contribution in [0.25, 0.3) is 0 Å². The van der Waals surface area contributed by atoms with Crippen LogP contribution in [0, 0.1) is 10.1 Å². The molecule has 0 saturated carbocycles. The Hall–Kier alpha value is -1.75. The summed E-state index contributed by atoms with van der Waals surface area (Å²) in [6.07, 6.45) is 2.15. The predicted octanol–water partition coefficient (Wildman–Crippen LogP) is 2.13. The van der Waals surface area contributed by atoms with Gasteiger partial charge in [0, 0.05) is 23.9 Å². The third-order valence-corrected chi connectivity index (χ3v) is 3.12. The van der Waals surface area contributed by atoms with E-state index in [0.29, 0.717) is 19.5 Å². The molecule has 0 spiro atoms. The first-order valence-electron chi connectivity index (χ1n) is 6.47. The molecule has 0 aliphatic heterocycles. The smallest absolute Gasteiger partial charge is 0.203 e. The fourth-order valence-corrected chi connectivity index (χ4v) is 2.01. The van der Waals surface area contributed by atoms with Gasteiger partial charge in [-0.3, -0.25) is 15.0 Å². The molecule has 0 amide bonds. The number of carbonyl (C=O) groups is 1. The first-order valence-corrected chi connectivity index (χ1v) is 6.47. The number of nitrogens with zero attached hydrogens (tertiary/aromatic N) is 2. The largest absolute Gasteiger partial charge is 0.302 e. The Morgan fingerprint density at radius 2 is 2.05 bits per heavy atom. The molecule has 0 aliphatic rings. The number of hydrogen-bond donors (Lipinski definition) is 0. The number of benzene rings is 1. The Kier molecular flexibility index (Phi) is 6.74. The van der Waals surface area contributed by atoms with Gasteiger partial charge in [0.1, 0.15) is 6.29 Å². The minimum atomic E-state index is -0.298. The highest BCUT2D eigenvalue weighted by molar-refractivity contribution is 5.52. The van der Waals surface area contributed by atoms with Crippen molar-refractivity contribution >= 4 is 6.29 Å². The fraction of sp³-hybridized carbons (Fsp3) is 0.500. The van der Waals surface area contributed by atoms with Crippen LogP contribution in [-0.2, 0) is 11.3 Å². The summed E-state index contributed by atoms with van der Waals surface area (Å²) in [5.74, 6) is 0. The van der Waals surface area contributed by atoms with Gasteiger partial charge >= 0.3 is 0 Å². The van der Waals surface area contributed by atoms with Crippen LogP contribution in [0.4, 0.5) is 0 Å². The molecule has 0 saturated heterocycles. The van der Waals surface area contributed by atoms with Crippen molar-refractivity contribution < 1.29 is 9.72 Å². The summed E-state index contributed by atoms with van der Waals surface area (Å²) < 4.78 is 0. The van der Waals surface area contributed by atoms with Crippen LogP contribution in [0.3, 0.4) is 0 Å². The lowest BCUT2D eigenvalue weighted by atomic mass is 10.1. The highest BCUT2D eigenvalue weighted by atomic mass is 16.6. The van der Waals surface area contributed by atoms with Crippen molar-refractivity contribution in [1.29, 1.82) is 0 Å².